The number of hydrogen-bond acceptors (Lipinski definition) is 7. The molecule has 0 unspecified atom stereocenters. The van der Waals surface area contributed by atoms with Gasteiger partial charge in [-0.05, 0) is 64.7 Å². The number of thiol groups is 1. The standard InChI is InChI=1S/C21H20Cl2N4O4S3/c1-14-12-20(19(32)13-18(14)23)34(30,31)27(33(28,29)17-6-4-15(22)5-7-17)21(24)26-10-8-16(9-11-26)25(2)3/h4-13,24H,1-3H3/p+1. The molecule has 0 spiro atoms. The normalized spacial score (nSPS) is 11.8. The molecule has 0 amide bonds. The van der Waals surface area contributed by atoms with Gasteiger partial charge in [-0.2, -0.15) is 16.8 Å². The second-order valence-corrected chi connectivity index (χ2v) is 12.5. The average molecular weight is 561 g/mol. The Labute approximate surface area is 214 Å². The van der Waals surface area contributed by atoms with Crippen molar-refractivity contribution in [1.29, 1.82) is 5.41 Å². The first-order valence-corrected chi connectivity index (χ1v) is 13.7. The SMILES string of the molecule is Cc1cc(S(=O)(=O)N(C(=N)[n+]2ccc(N(C)C)cc2)S(=O)(=O)c2ccc(Cl)cc2)c(S)cc1Cl. The van der Waals surface area contributed by atoms with E-state index < -0.39 is 30.9 Å². The van der Waals surface area contributed by atoms with Crippen molar-refractivity contribution in [1.82, 2.24) is 3.71 Å². The van der Waals surface area contributed by atoms with Gasteiger partial charge in [-0.1, -0.05) is 23.2 Å². The van der Waals surface area contributed by atoms with Crippen LogP contribution in [0.3, 0.4) is 0 Å². The molecule has 0 aliphatic heterocycles. The van der Waals surface area contributed by atoms with E-state index in [-0.39, 0.29) is 23.5 Å². The van der Waals surface area contributed by atoms with E-state index >= 15 is 0 Å². The minimum atomic E-state index is -4.84. The summed E-state index contributed by atoms with van der Waals surface area (Å²) in [7, 11) is -5.99. The number of nitrogens with one attached hydrogen (secondary N) is 1. The largest absolute Gasteiger partial charge is 0.421 e. The fraction of sp³-hybridized carbons (Fsp3) is 0.143. The first kappa shape index (κ1) is 26.3. The molecule has 2 aromatic carbocycles. The van der Waals surface area contributed by atoms with Crippen molar-refractivity contribution in [2.24, 2.45) is 0 Å². The van der Waals surface area contributed by atoms with E-state index in [2.05, 4.69) is 12.6 Å². The van der Waals surface area contributed by atoms with Crippen molar-refractivity contribution in [2.75, 3.05) is 19.0 Å². The summed E-state index contributed by atoms with van der Waals surface area (Å²) in [5.41, 5.74) is 1.17. The highest BCUT2D eigenvalue weighted by Crippen LogP contribution is 2.32. The number of halogens is 2. The molecule has 3 rings (SSSR count). The van der Waals surface area contributed by atoms with Gasteiger partial charge < -0.3 is 4.90 Å². The third-order valence-corrected chi connectivity index (χ3v) is 10.2. The van der Waals surface area contributed by atoms with Crippen molar-refractivity contribution in [3.05, 3.63) is 76.5 Å². The second kappa shape index (κ2) is 9.74. The number of sulfonamides is 2. The van der Waals surface area contributed by atoms with Crippen LogP contribution in [0.2, 0.25) is 10.0 Å². The Morgan fingerprint density at radius 3 is 2.03 bits per heavy atom. The molecule has 0 saturated heterocycles. The van der Waals surface area contributed by atoms with Crippen LogP contribution in [0.1, 0.15) is 5.56 Å². The molecule has 34 heavy (non-hydrogen) atoms. The summed E-state index contributed by atoms with van der Waals surface area (Å²) in [5, 5.41) is 9.15. The zero-order valence-corrected chi connectivity index (χ0v) is 22.3. The minimum Gasteiger partial charge on any atom is -0.377 e. The molecule has 0 bridgehead atoms. The zero-order valence-electron chi connectivity index (χ0n) is 18.3. The molecule has 0 atom stereocenters. The molecule has 0 aliphatic rings. The van der Waals surface area contributed by atoms with Gasteiger partial charge in [0.15, 0.2) is 0 Å². The first-order valence-electron chi connectivity index (χ1n) is 9.59. The van der Waals surface area contributed by atoms with Crippen LogP contribution < -0.4 is 9.47 Å². The van der Waals surface area contributed by atoms with E-state index in [1.807, 2.05) is 14.1 Å². The monoisotopic (exact) mass is 559 g/mol. The molecule has 1 heterocycles. The Hall–Kier alpha value is -2.31. The fourth-order valence-electron chi connectivity index (χ4n) is 2.95. The zero-order chi connectivity index (χ0) is 25.4. The lowest BCUT2D eigenvalue weighted by Gasteiger charge is -2.20. The molecule has 0 fully saturated rings. The Bertz CT molecular complexity index is 1460. The molecule has 0 radical (unpaired) electrons. The van der Waals surface area contributed by atoms with E-state index in [1.54, 1.807) is 24.0 Å². The third-order valence-electron chi connectivity index (χ3n) is 4.81. The lowest BCUT2D eigenvalue weighted by atomic mass is 10.2. The number of aryl methyl sites for hydroxylation is 1. The van der Waals surface area contributed by atoms with Crippen LogP contribution in [0.4, 0.5) is 5.69 Å². The maximum absolute atomic E-state index is 13.8. The van der Waals surface area contributed by atoms with Gasteiger partial charge in [-0.3, -0.25) is 0 Å². The van der Waals surface area contributed by atoms with Gasteiger partial charge in [0.1, 0.15) is 9.79 Å². The highest BCUT2D eigenvalue weighted by atomic mass is 35.5. The maximum Gasteiger partial charge on any atom is 0.421 e. The van der Waals surface area contributed by atoms with Crippen LogP contribution in [-0.2, 0) is 20.0 Å². The number of nitrogens with zero attached hydrogens (tertiary/aromatic N) is 3. The van der Waals surface area contributed by atoms with E-state index in [9.17, 15) is 16.8 Å². The Morgan fingerprint density at radius 2 is 1.50 bits per heavy atom. The molecule has 1 aromatic heterocycles. The first-order chi connectivity index (χ1) is 15.8. The predicted octanol–water partition coefficient (Wildman–Crippen LogP) is 3.81. The number of pyridine rings is 1. The third kappa shape index (κ3) is 5.03. The Morgan fingerprint density at radius 1 is 0.941 bits per heavy atom. The van der Waals surface area contributed by atoms with Crippen LogP contribution in [0.25, 0.3) is 0 Å². The van der Waals surface area contributed by atoms with Crippen LogP contribution in [0.15, 0.2) is 75.6 Å². The Kier molecular flexibility index (Phi) is 7.54. The molecule has 8 nitrogen and oxygen atoms in total. The lowest BCUT2D eigenvalue weighted by molar-refractivity contribution is -0.562. The van der Waals surface area contributed by atoms with E-state index in [1.165, 1.54) is 48.8 Å². The van der Waals surface area contributed by atoms with Crippen LogP contribution >= 0.6 is 35.8 Å². The summed E-state index contributed by atoms with van der Waals surface area (Å²) in [5.74, 6) is -0.833. The predicted molar refractivity (Wildman–Crippen MR) is 135 cm³/mol. The summed E-state index contributed by atoms with van der Waals surface area (Å²) in [6.07, 6.45) is 2.79. The minimum absolute atomic E-state index is 0.0624. The van der Waals surface area contributed by atoms with Gasteiger partial charge >= 0.3 is 26.0 Å². The summed E-state index contributed by atoms with van der Waals surface area (Å²) in [6.45, 7) is 1.58. The van der Waals surface area contributed by atoms with Crippen LogP contribution in [0.5, 0.6) is 0 Å². The lowest BCUT2D eigenvalue weighted by Crippen LogP contribution is -2.56. The number of hydrogen-bond donors (Lipinski definition) is 2. The highest BCUT2D eigenvalue weighted by Gasteiger charge is 2.47. The quantitative estimate of drug-likeness (QED) is 0.214. The van der Waals surface area contributed by atoms with Crippen molar-refractivity contribution in [2.45, 2.75) is 21.6 Å². The summed E-state index contributed by atoms with van der Waals surface area (Å²) < 4.78 is 55.9. The van der Waals surface area contributed by atoms with Crippen LogP contribution in [-0.4, -0.2) is 40.6 Å². The molecule has 0 aliphatic carbocycles. The number of rotatable bonds is 5. The van der Waals surface area contributed by atoms with Crippen molar-refractivity contribution in [3.8, 4) is 0 Å². The second-order valence-electron chi connectivity index (χ2n) is 7.41. The summed E-state index contributed by atoms with van der Waals surface area (Å²) in [4.78, 5) is 0.969. The molecule has 0 saturated carbocycles. The molecule has 13 heteroatoms. The number of benzene rings is 2. The fourth-order valence-corrected chi connectivity index (χ4v) is 7.53. The van der Waals surface area contributed by atoms with E-state index in [0.29, 0.717) is 5.56 Å². The van der Waals surface area contributed by atoms with Gasteiger partial charge in [0.2, 0.25) is 0 Å². The highest BCUT2D eigenvalue weighted by molar-refractivity contribution is 8.05. The average Bonchev–Trinajstić information content (AvgIpc) is 2.76. The number of aromatic nitrogens is 1. The van der Waals surface area contributed by atoms with Gasteiger partial charge in [-0.25, -0.2) is 4.57 Å². The Balaban J connectivity index is 2.26. The molecular formula is C21H21Cl2N4O4S3+. The summed E-state index contributed by atoms with van der Waals surface area (Å²) in [6, 6.07) is 10.7. The molecule has 180 valence electrons. The van der Waals surface area contributed by atoms with Crippen molar-refractivity contribution in [3.63, 3.8) is 0 Å². The maximum atomic E-state index is 13.8. The summed E-state index contributed by atoms with van der Waals surface area (Å²) >= 11 is 16.2. The van der Waals surface area contributed by atoms with Crippen LogP contribution in [0, 0.1) is 12.3 Å². The molecule has 1 N–H and O–H groups in total. The van der Waals surface area contributed by atoms with Gasteiger partial charge in [0.05, 0.1) is 12.4 Å². The molecule has 3 aromatic rings. The van der Waals surface area contributed by atoms with Crippen molar-refractivity contribution >= 4 is 67.5 Å². The van der Waals surface area contributed by atoms with Gasteiger partial charge in [0, 0.05) is 34.7 Å². The van der Waals surface area contributed by atoms with Crippen molar-refractivity contribution < 1.29 is 21.4 Å². The van der Waals surface area contributed by atoms with E-state index in [4.69, 9.17) is 28.6 Å². The van der Waals surface area contributed by atoms with Gasteiger partial charge in [0.25, 0.3) is 0 Å². The van der Waals surface area contributed by atoms with Gasteiger partial charge in [-0.15, -0.1) is 18.0 Å². The topological polar surface area (TPSA) is 102 Å². The smallest absolute Gasteiger partial charge is 0.377 e. The molecular weight excluding hydrogens is 539 g/mol. The van der Waals surface area contributed by atoms with E-state index in [0.717, 1.165) is 10.3 Å². The number of anilines is 1.